The average Bonchev–Trinajstić information content (AvgIpc) is 3.62. The first-order chi connectivity index (χ1) is 17.5. The van der Waals surface area contributed by atoms with Crippen molar-refractivity contribution in [2.24, 2.45) is 5.92 Å². The Morgan fingerprint density at radius 1 is 1.00 bits per heavy atom. The van der Waals surface area contributed by atoms with E-state index >= 15 is 0 Å². The number of halogens is 1. The highest BCUT2D eigenvalue weighted by Gasteiger charge is 2.29. The first-order valence-electron chi connectivity index (χ1n) is 12.0. The van der Waals surface area contributed by atoms with Gasteiger partial charge in [0.1, 0.15) is 12.4 Å². The molecule has 0 radical (unpaired) electrons. The number of aryl methyl sites for hydroxylation is 1. The SMILES string of the molecule is Cc1ccc(-n2cc(-c3ccccc3)nc2NC(=O)CN(CC2CC2)C(=O)c2ccc(F)cc2)cc1. The zero-order chi connectivity index (χ0) is 25.1. The van der Waals surface area contributed by atoms with E-state index in [0.29, 0.717) is 24.0 Å². The lowest BCUT2D eigenvalue weighted by Gasteiger charge is -2.22. The van der Waals surface area contributed by atoms with Gasteiger partial charge >= 0.3 is 0 Å². The Labute approximate surface area is 209 Å². The van der Waals surface area contributed by atoms with E-state index in [0.717, 1.165) is 35.3 Å². The molecule has 0 aliphatic heterocycles. The fourth-order valence-corrected chi connectivity index (χ4v) is 4.06. The van der Waals surface area contributed by atoms with Gasteiger partial charge in [-0.2, -0.15) is 0 Å². The third kappa shape index (κ3) is 5.51. The fraction of sp³-hybridized carbons (Fsp3) is 0.207. The maximum absolute atomic E-state index is 13.3. The standard InChI is InChI=1S/C29H27FN4O2/c1-20-7-15-25(16-8-20)34-18-26(22-5-3-2-4-6-22)31-29(34)32-27(35)19-33(17-21-9-10-21)28(36)23-11-13-24(30)14-12-23/h2-8,11-16,18,21H,9-10,17,19H2,1H3,(H,31,32,35). The van der Waals surface area contributed by atoms with Crippen molar-refractivity contribution in [1.29, 1.82) is 0 Å². The molecule has 1 saturated carbocycles. The predicted molar refractivity (Wildman–Crippen MR) is 137 cm³/mol. The van der Waals surface area contributed by atoms with E-state index in [4.69, 9.17) is 4.98 Å². The Hall–Kier alpha value is -4.26. The van der Waals surface area contributed by atoms with Crippen LogP contribution in [0.3, 0.4) is 0 Å². The Morgan fingerprint density at radius 2 is 1.69 bits per heavy atom. The smallest absolute Gasteiger partial charge is 0.254 e. The molecule has 0 unspecified atom stereocenters. The van der Waals surface area contributed by atoms with Gasteiger partial charge in [0.2, 0.25) is 11.9 Å². The van der Waals surface area contributed by atoms with Crippen molar-refractivity contribution in [2.45, 2.75) is 19.8 Å². The van der Waals surface area contributed by atoms with Crippen molar-refractivity contribution in [1.82, 2.24) is 14.5 Å². The number of hydrogen-bond acceptors (Lipinski definition) is 3. The second-order valence-electron chi connectivity index (χ2n) is 9.21. The van der Waals surface area contributed by atoms with Gasteiger partial charge in [0.15, 0.2) is 0 Å². The molecule has 1 fully saturated rings. The van der Waals surface area contributed by atoms with Gasteiger partial charge in [0.05, 0.1) is 5.69 Å². The summed E-state index contributed by atoms with van der Waals surface area (Å²) in [4.78, 5) is 32.5. The maximum Gasteiger partial charge on any atom is 0.254 e. The van der Waals surface area contributed by atoms with E-state index in [1.165, 1.54) is 29.2 Å². The highest BCUT2D eigenvalue weighted by atomic mass is 19.1. The van der Waals surface area contributed by atoms with Crippen LogP contribution >= 0.6 is 0 Å². The highest BCUT2D eigenvalue weighted by molar-refractivity contribution is 5.99. The molecule has 0 spiro atoms. The van der Waals surface area contributed by atoms with E-state index in [1.54, 1.807) is 0 Å². The van der Waals surface area contributed by atoms with Crippen molar-refractivity contribution < 1.29 is 14.0 Å². The Kier molecular flexibility index (Phi) is 6.62. The summed E-state index contributed by atoms with van der Waals surface area (Å²) in [5.41, 5.74) is 4.01. The van der Waals surface area contributed by atoms with Crippen molar-refractivity contribution >= 4 is 17.8 Å². The molecular weight excluding hydrogens is 455 g/mol. The van der Waals surface area contributed by atoms with Crippen LogP contribution in [-0.2, 0) is 4.79 Å². The minimum atomic E-state index is -0.407. The molecule has 6 nitrogen and oxygen atoms in total. The van der Waals surface area contributed by atoms with Crippen LogP contribution in [0.15, 0.2) is 85.1 Å². The molecule has 1 heterocycles. The number of anilines is 1. The molecule has 1 aliphatic rings. The topological polar surface area (TPSA) is 67.2 Å². The number of carbonyl (C=O) groups excluding carboxylic acids is 2. The highest BCUT2D eigenvalue weighted by Crippen LogP contribution is 2.30. The summed E-state index contributed by atoms with van der Waals surface area (Å²) in [6.45, 7) is 2.39. The largest absolute Gasteiger partial charge is 0.329 e. The van der Waals surface area contributed by atoms with E-state index < -0.39 is 5.82 Å². The normalized spacial score (nSPS) is 12.8. The van der Waals surface area contributed by atoms with E-state index in [2.05, 4.69) is 5.32 Å². The molecule has 0 bridgehead atoms. The van der Waals surface area contributed by atoms with Crippen LogP contribution in [0.25, 0.3) is 16.9 Å². The molecule has 1 aromatic heterocycles. The first-order valence-corrected chi connectivity index (χ1v) is 12.0. The minimum Gasteiger partial charge on any atom is -0.329 e. The van der Waals surface area contributed by atoms with Crippen molar-refractivity contribution in [2.75, 3.05) is 18.4 Å². The molecule has 2 amide bonds. The number of benzene rings is 3. The number of nitrogens with one attached hydrogen (secondary N) is 1. The number of amides is 2. The molecule has 182 valence electrons. The second-order valence-corrected chi connectivity index (χ2v) is 9.21. The van der Waals surface area contributed by atoms with Crippen molar-refractivity contribution in [3.8, 4) is 16.9 Å². The van der Waals surface area contributed by atoms with Crippen LogP contribution in [0.4, 0.5) is 10.3 Å². The summed E-state index contributed by atoms with van der Waals surface area (Å²) in [5, 5.41) is 2.91. The van der Waals surface area contributed by atoms with E-state index in [-0.39, 0.29) is 18.4 Å². The maximum atomic E-state index is 13.3. The van der Waals surface area contributed by atoms with Crippen LogP contribution in [0, 0.1) is 18.7 Å². The van der Waals surface area contributed by atoms with Gasteiger partial charge in [-0.15, -0.1) is 0 Å². The molecule has 4 aromatic rings. The fourth-order valence-electron chi connectivity index (χ4n) is 4.06. The Morgan fingerprint density at radius 3 is 2.36 bits per heavy atom. The number of hydrogen-bond donors (Lipinski definition) is 1. The van der Waals surface area contributed by atoms with Gasteiger partial charge in [0.25, 0.3) is 5.91 Å². The summed E-state index contributed by atoms with van der Waals surface area (Å²) in [6.07, 6.45) is 3.96. The molecule has 36 heavy (non-hydrogen) atoms. The zero-order valence-corrected chi connectivity index (χ0v) is 20.0. The van der Waals surface area contributed by atoms with Gasteiger partial charge in [-0.1, -0.05) is 48.0 Å². The summed E-state index contributed by atoms with van der Waals surface area (Å²) < 4.78 is 15.2. The number of imidazole rings is 1. The van der Waals surface area contributed by atoms with Gasteiger partial charge in [0, 0.05) is 29.6 Å². The molecule has 5 rings (SSSR count). The summed E-state index contributed by atoms with van der Waals surface area (Å²) in [5.74, 6) is -0.270. The lowest BCUT2D eigenvalue weighted by Crippen LogP contribution is -2.39. The van der Waals surface area contributed by atoms with E-state index in [9.17, 15) is 14.0 Å². The number of aromatic nitrogens is 2. The van der Waals surface area contributed by atoms with Crippen LogP contribution in [-0.4, -0.2) is 39.4 Å². The monoisotopic (exact) mass is 482 g/mol. The van der Waals surface area contributed by atoms with Crippen LogP contribution < -0.4 is 5.32 Å². The van der Waals surface area contributed by atoms with Gasteiger partial charge in [-0.3, -0.25) is 19.5 Å². The summed E-state index contributed by atoms with van der Waals surface area (Å²) in [6, 6.07) is 23.1. The van der Waals surface area contributed by atoms with Gasteiger partial charge in [-0.05, 0) is 62.1 Å². The first kappa shape index (κ1) is 23.5. The number of nitrogens with zero attached hydrogens (tertiary/aromatic N) is 3. The predicted octanol–water partition coefficient (Wildman–Crippen LogP) is 5.48. The van der Waals surface area contributed by atoms with Gasteiger partial charge < -0.3 is 4.90 Å². The van der Waals surface area contributed by atoms with Crippen LogP contribution in [0.2, 0.25) is 0 Å². The average molecular weight is 483 g/mol. The third-order valence-corrected chi connectivity index (χ3v) is 6.23. The minimum absolute atomic E-state index is 0.117. The second kappa shape index (κ2) is 10.2. The molecular formula is C29H27FN4O2. The summed E-state index contributed by atoms with van der Waals surface area (Å²) >= 11 is 0. The third-order valence-electron chi connectivity index (χ3n) is 6.23. The Bertz CT molecular complexity index is 1360. The Balaban J connectivity index is 1.40. The summed E-state index contributed by atoms with van der Waals surface area (Å²) in [7, 11) is 0. The van der Waals surface area contributed by atoms with Crippen LogP contribution in [0.1, 0.15) is 28.8 Å². The molecule has 7 heteroatoms. The molecule has 0 saturated heterocycles. The molecule has 0 atom stereocenters. The number of rotatable bonds is 8. The van der Waals surface area contributed by atoms with E-state index in [1.807, 2.05) is 72.3 Å². The van der Waals surface area contributed by atoms with Crippen molar-refractivity contribution in [3.63, 3.8) is 0 Å². The number of carbonyl (C=O) groups is 2. The lowest BCUT2D eigenvalue weighted by atomic mass is 10.2. The molecule has 1 N–H and O–H groups in total. The van der Waals surface area contributed by atoms with Crippen LogP contribution in [0.5, 0.6) is 0 Å². The van der Waals surface area contributed by atoms with Gasteiger partial charge in [-0.25, -0.2) is 9.37 Å². The molecule has 3 aromatic carbocycles. The molecule has 1 aliphatic carbocycles. The lowest BCUT2D eigenvalue weighted by molar-refractivity contribution is -0.117. The zero-order valence-electron chi connectivity index (χ0n) is 20.0. The quantitative estimate of drug-likeness (QED) is 0.362. The van der Waals surface area contributed by atoms with Crippen molar-refractivity contribution in [3.05, 3.63) is 102 Å².